The lowest BCUT2D eigenvalue weighted by molar-refractivity contribution is -0.128. The van der Waals surface area contributed by atoms with Gasteiger partial charge in [-0.05, 0) is 30.9 Å². The largest absolute Gasteiger partial charge is 0.342 e. The minimum Gasteiger partial charge on any atom is -0.342 e. The fourth-order valence-corrected chi connectivity index (χ4v) is 4.20. The van der Waals surface area contributed by atoms with Crippen LogP contribution >= 0.6 is 0 Å². The van der Waals surface area contributed by atoms with Crippen LogP contribution < -0.4 is 0 Å². The molecular formula is C19H30N4O. The van der Waals surface area contributed by atoms with E-state index in [2.05, 4.69) is 34.7 Å². The first-order valence-corrected chi connectivity index (χ1v) is 9.20. The molecule has 2 fully saturated rings. The minimum atomic E-state index is 0.211. The molecule has 1 amide bonds. The number of hydrogen-bond donors (Lipinski definition) is 0. The second-order valence-corrected chi connectivity index (χ2v) is 7.36. The summed E-state index contributed by atoms with van der Waals surface area (Å²) in [6.45, 7) is 12.5. The highest BCUT2D eigenvalue weighted by atomic mass is 16.2. The standard InChI is InChI=1S/C19H30N4O/c1-15-13-23(16(2)18-6-4-7-20-12-18)14-19(15)22-9-5-8-21(10-11-22)17(3)24/h4,6-7,12,15-16,19H,5,8-11,13-14H2,1-3H3. The van der Waals surface area contributed by atoms with Crippen LogP contribution in [0.25, 0.3) is 0 Å². The molecule has 3 unspecified atom stereocenters. The molecule has 0 bridgehead atoms. The highest BCUT2D eigenvalue weighted by Gasteiger charge is 2.36. The van der Waals surface area contributed by atoms with Gasteiger partial charge in [0.2, 0.25) is 5.91 Å². The van der Waals surface area contributed by atoms with Crippen molar-refractivity contribution in [3.63, 3.8) is 0 Å². The highest BCUT2D eigenvalue weighted by molar-refractivity contribution is 5.73. The predicted molar refractivity (Wildman–Crippen MR) is 95.6 cm³/mol. The minimum absolute atomic E-state index is 0.211. The summed E-state index contributed by atoms with van der Waals surface area (Å²) in [4.78, 5) is 23.1. The van der Waals surface area contributed by atoms with Crippen molar-refractivity contribution in [2.45, 2.75) is 39.3 Å². The molecule has 1 aromatic rings. The molecule has 0 N–H and O–H groups in total. The van der Waals surface area contributed by atoms with Gasteiger partial charge in [-0.2, -0.15) is 0 Å². The van der Waals surface area contributed by atoms with Gasteiger partial charge in [0.15, 0.2) is 0 Å². The lowest BCUT2D eigenvalue weighted by Gasteiger charge is -2.30. The summed E-state index contributed by atoms with van der Waals surface area (Å²) >= 11 is 0. The first kappa shape index (κ1) is 17.4. The molecule has 0 aliphatic carbocycles. The summed E-state index contributed by atoms with van der Waals surface area (Å²) in [5.41, 5.74) is 1.30. The number of nitrogens with zero attached hydrogens (tertiary/aromatic N) is 4. The lowest BCUT2D eigenvalue weighted by atomic mass is 10.0. The maximum Gasteiger partial charge on any atom is 0.219 e. The van der Waals surface area contributed by atoms with Crippen LogP contribution in [0.5, 0.6) is 0 Å². The second kappa shape index (κ2) is 7.62. The summed E-state index contributed by atoms with van der Waals surface area (Å²) in [6, 6.07) is 5.20. The van der Waals surface area contributed by atoms with Gasteiger partial charge >= 0.3 is 0 Å². The van der Waals surface area contributed by atoms with Gasteiger partial charge in [-0.1, -0.05) is 13.0 Å². The molecular weight excluding hydrogens is 300 g/mol. The fraction of sp³-hybridized carbons (Fsp3) is 0.684. The van der Waals surface area contributed by atoms with E-state index >= 15 is 0 Å². The number of aromatic nitrogens is 1. The van der Waals surface area contributed by atoms with Gasteiger partial charge in [-0.15, -0.1) is 0 Å². The van der Waals surface area contributed by atoms with Crippen molar-refractivity contribution < 1.29 is 4.79 Å². The van der Waals surface area contributed by atoms with Gasteiger partial charge in [0, 0.05) is 70.7 Å². The first-order valence-electron chi connectivity index (χ1n) is 9.20. The third-order valence-electron chi connectivity index (χ3n) is 5.76. The van der Waals surface area contributed by atoms with Gasteiger partial charge in [-0.25, -0.2) is 0 Å². The van der Waals surface area contributed by atoms with E-state index in [-0.39, 0.29) is 5.91 Å². The lowest BCUT2D eigenvalue weighted by Crippen LogP contribution is -2.43. The van der Waals surface area contributed by atoms with Crippen molar-refractivity contribution in [3.05, 3.63) is 30.1 Å². The second-order valence-electron chi connectivity index (χ2n) is 7.36. The maximum absolute atomic E-state index is 11.6. The van der Waals surface area contributed by atoms with Crippen molar-refractivity contribution in [1.82, 2.24) is 19.7 Å². The molecule has 1 aromatic heterocycles. The van der Waals surface area contributed by atoms with Crippen LogP contribution in [0, 0.1) is 5.92 Å². The zero-order chi connectivity index (χ0) is 17.1. The van der Waals surface area contributed by atoms with Gasteiger partial charge in [-0.3, -0.25) is 19.6 Å². The average Bonchev–Trinajstić information content (AvgIpc) is 2.82. The normalized spacial score (nSPS) is 27.9. The van der Waals surface area contributed by atoms with Crippen molar-refractivity contribution >= 4 is 5.91 Å². The summed E-state index contributed by atoms with van der Waals surface area (Å²) < 4.78 is 0. The van der Waals surface area contributed by atoms with Crippen LogP contribution in [0.2, 0.25) is 0 Å². The Morgan fingerprint density at radius 3 is 2.79 bits per heavy atom. The molecule has 5 nitrogen and oxygen atoms in total. The third-order valence-corrected chi connectivity index (χ3v) is 5.76. The van der Waals surface area contributed by atoms with Crippen molar-refractivity contribution in [2.24, 2.45) is 5.92 Å². The Morgan fingerprint density at radius 2 is 2.08 bits per heavy atom. The average molecular weight is 330 g/mol. The zero-order valence-electron chi connectivity index (χ0n) is 15.2. The Kier molecular flexibility index (Phi) is 5.51. The summed E-state index contributed by atoms with van der Waals surface area (Å²) in [7, 11) is 0. The Morgan fingerprint density at radius 1 is 1.25 bits per heavy atom. The molecule has 0 saturated carbocycles. The van der Waals surface area contributed by atoms with Crippen molar-refractivity contribution in [1.29, 1.82) is 0 Å². The van der Waals surface area contributed by atoms with E-state index in [1.807, 2.05) is 23.4 Å². The van der Waals surface area contributed by atoms with Crippen molar-refractivity contribution in [3.8, 4) is 0 Å². The molecule has 3 heterocycles. The Hall–Kier alpha value is -1.46. The fourth-order valence-electron chi connectivity index (χ4n) is 4.20. The molecule has 5 heteroatoms. The first-order chi connectivity index (χ1) is 11.6. The maximum atomic E-state index is 11.6. The van der Waals surface area contributed by atoms with E-state index in [1.165, 1.54) is 5.56 Å². The number of hydrogen-bond acceptors (Lipinski definition) is 4. The zero-order valence-corrected chi connectivity index (χ0v) is 15.2. The number of amides is 1. The summed E-state index contributed by atoms with van der Waals surface area (Å²) in [6.07, 6.45) is 4.91. The molecule has 132 valence electrons. The van der Waals surface area contributed by atoms with E-state index in [9.17, 15) is 4.79 Å². The quantitative estimate of drug-likeness (QED) is 0.850. The van der Waals surface area contributed by atoms with Gasteiger partial charge < -0.3 is 4.90 Å². The van der Waals surface area contributed by atoms with E-state index in [1.54, 1.807) is 6.92 Å². The molecule has 2 aliphatic heterocycles. The number of carbonyl (C=O) groups is 1. The van der Waals surface area contributed by atoms with E-state index < -0.39 is 0 Å². The monoisotopic (exact) mass is 330 g/mol. The topological polar surface area (TPSA) is 39.7 Å². The SMILES string of the molecule is CC(=O)N1CCCN(C2CN(C(C)c3cccnc3)CC2C)CC1. The van der Waals surface area contributed by atoms with Gasteiger partial charge in [0.05, 0.1) is 0 Å². The van der Waals surface area contributed by atoms with Crippen LogP contribution in [0.4, 0.5) is 0 Å². The molecule has 0 radical (unpaired) electrons. The molecule has 2 saturated heterocycles. The van der Waals surface area contributed by atoms with Crippen LogP contribution in [-0.2, 0) is 4.79 Å². The molecule has 3 atom stereocenters. The third kappa shape index (κ3) is 3.78. The van der Waals surface area contributed by atoms with Crippen LogP contribution in [0.15, 0.2) is 24.5 Å². The van der Waals surface area contributed by atoms with E-state index in [4.69, 9.17) is 0 Å². The Balaban J connectivity index is 1.62. The molecule has 2 aliphatic rings. The number of carbonyl (C=O) groups excluding carboxylic acids is 1. The molecule has 0 aromatic carbocycles. The van der Waals surface area contributed by atoms with Crippen LogP contribution in [0.1, 0.15) is 38.8 Å². The number of pyridine rings is 1. The molecule has 24 heavy (non-hydrogen) atoms. The van der Waals surface area contributed by atoms with E-state index in [0.717, 1.165) is 45.7 Å². The molecule has 0 spiro atoms. The highest BCUT2D eigenvalue weighted by Crippen LogP contribution is 2.30. The summed E-state index contributed by atoms with van der Waals surface area (Å²) in [5.74, 6) is 0.871. The van der Waals surface area contributed by atoms with E-state index in [0.29, 0.717) is 18.0 Å². The Labute approximate surface area is 145 Å². The van der Waals surface area contributed by atoms with Gasteiger partial charge in [0.25, 0.3) is 0 Å². The Bertz CT molecular complexity index is 550. The summed E-state index contributed by atoms with van der Waals surface area (Å²) in [5, 5.41) is 0. The predicted octanol–water partition coefficient (Wildman–Crippen LogP) is 2.02. The smallest absolute Gasteiger partial charge is 0.219 e. The van der Waals surface area contributed by atoms with Crippen LogP contribution in [0.3, 0.4) is 0 Å². The van der Waals surface area contributed by atoms with Gasteiger partial charge in [0.1, 0.15) is 0 Å². The number of rotatable bonds is 3. The molecule has 3 rings (SSSR count). The number of likely N-dealkylation sites (tertiary alicyclic amines) is 1. The van der Waals surface area contributed by atoms with Crippen LogP contribution in [-0.4, -0.2) is 70.9 Å². The van der Waals surface area contributed by atoms with Crippen molar-refractivity contribution in [2.75, 3.05) is 39.3 Å².